The molecule has 2 atom stereocenters. The summed E-state index contributed by atoms with van der Waals surface area (Å²) in [4.78, 5) is 2.44. The fourth-order valence-electron chi connectivity index (χ4n) is 3.01. The summed E-state index contributed by atoms with van der Waals surface area (Å²) in [5.74, 6) is 0.996. The number of nitrogens with two attached hydrogens (primary N) is 1. The second-order valence-electron chi connectivity index (χ2n) is 5.29. The van der Waals surface area contributed by atoms with Gasteiger partial charge in [-0.05, 0) is 18.1 Å². The maximum Gasteiger partial charge on any atom is 0.124 e. The number of hydrogen-bond donors (Lipinski definition) is 1. The quantitative estimate of drug-likeness (QED) is 0.874. The third-order valence-corrected chi connectivity index (χ3v) is 4.08. The van der Waals surface area contributed by atoms with Crippen LogP contribution in [0.15, 0.2) is 18.2 Å². The predicted molar refractivity (Wildman–Crippen MR) is 74.4 cm³/mol. The van der Waals surface area contributed by atoms with Crippen molar-refractivity contribution in [2.75, 3.05) is 32.9 Å². The Hall–Kier alpha value is -1.10. The van der Waals surface area contributed by atoms with Crippen LogP contribution in [-0.2, 0) is 11.2 Å². The maximum absolute atomic E-state index is 6.31. The Morgan fingerprint density at radius 3 is 2.84 bits per heavy atom. The van der Waals surface area contributed by atoms with Crippen LogP contribution in [0.2, 0.25) is 0 Å². The highest BCUT2D eigenvalue weighted by molar-refractivity contribution is 5.42. The van der Waals surface area contributed by atoms with Gasteiger partial charge in [-0.2, -0.15) is 0 Å². The van der Waals surface area contributed by atoms with Crippen LogP contribution >= 0.6 is 0 Å². The molecule has 2 aliphatic rings. The normalized spacial score (nSPS) is 27.7. The van der Waals surface area contributed by atoms with Gasteiger partial charge in [0.2, 0.25) is 0 Å². The van der Waals surface area contributed by atoms with Crippen molar-refractivity contribution in [1.29, 1.82) is 0 Å². The van der Waals surface area contributed by atoms with Gasteiger partial charge in [0.1, 0.15) is 12.4 Å². The minimum atomic E-state index is 0.0395. The molecule has 1 saturated heterocycles. The molecule has 1 fully saturated rings. The van der Waals surface area contributed by atoms with E-state index in [0.29, 0.717) is 6.61 Å². The molecule has 2 heterocycles. The monoisotopic (exact) mass is 262 g/mol. The summed E-state index contributed by atoms with van der Waals surface area (Å²) in [6, 6.07) is 6.80. The summed E-state index contributed by atoms with van der Waals surface area (Å²) < 4.78 is 11.2. The van der Waals surface area contributed by atoms with Gasteiger partial charge in [0, 0.05) is 18.7 Å². The summed E-state index contributed by atoms with van der Waals surface area (Å²) in [5, 5.41) is 0. The largest absolute Gasteiger partial charge is 0.492 e. The van der Waals surface area contributed by atoms with Gasteiger partial charge in [-0.3, -0.25) is 4.90 Å². The molecule has 0 aliphatic carbocycles. The van der Waals surface area contributed by atoms with E-state index >= 15 is 0 Å². The molecular formula is C15H22N2O2. The molecule has 0 radical (unpaired) electrons. The number of nitrogens with zero attached hydrogens (tertiary/aromatic N) is 1. The highest BCUT2D eigenvalue weighted by Gasteiger charge is 2.34. The summed E-state index contributed by atoms with van der Waals surface area (Å²) in [6.07, 6.45) is 1.04. The van der Waals surface area contributed by atoms with E-state index in [4.69, 9.17) is 15.2 Å². The lowest BCUT2D eigenvalue weighted by Crippen LogP contribution is -2.50. The van der Waals surface area contributed by atoms with Gasteiger partial charge >= 0.3 is 0 Å². The number of aryl methyl sites for hydroxylation is 1. The second-order valence-corrected chi connectivity index (χ2v) is 5.29. The Balaban J connectivity index is 1.94. The lowest BCUT2D eigenvalue weighted by atomic mass is 9.93. The average Bonchev–Trinajstić information content (AvgIpc) is 2.47. The maximum atomic E-state index is 6.31. The predicted octanol–water partition coefficient (Wildman–Crippen LogP) is 1.34. The zero-order chi connectivity index (χ0) is 13.2. The van der Waals surface area contributed by atoms with E-state index in [0.717, 1.165) is 38.5 Å². The van der Waals surface area contributed by atoms with Gasteiger partial charge in [-0.25, -0.2) is 0 Å². The smallest absolute Gasteiger partial charge is 0.124 e. The summed E-state index contributed by atoms with van der Waals surface area (Å²) in [5.41, 5.74) is 8.90. The van der Waals surface area contributed by atoms with Gasteiger partial charge in [-0.1, -0.05) is 19.1 Å². The Morgan fingerprint density at radius 1 is 1.32 bits per heavy atom. The molecule has 104 valence electrons. The van der Waals surface area contributed by atoms with E-state index in [-0.39, 0.29) is 12.1 Å². The Kier molecular flexibility index (Phi) is 3.73. The standard InChI is InChI=1S/C15H22N2O2/c1-2-11-3-4-14-12(9-11)15(13(16)10-19-14)17-5-7-18-8-6-17/h3-4,9,13,15H,2,5-8,10,16H2,1H3. The van der Waals surface area contributed by atoms with Gasteiger partial charge in [0.25, 0.3) is 0 Å². The van der Waals surface area contributed by atoms with E-state index in [9.17, 15) is 0 Å². The van der Waals surface area contributed by atoms with E-state index in [1.54, 1.807) is 0 Å². The molecule has 0 spiro atoms. The molecule has 4 nitrogen and oxygen atoms in total. The first kappa shape index (κ1) is 12.9. The highest BCUT2D eigenvalue weighted by Crippen LogP contribution is 2.36. The van der Waals surface area contributed by atoms with Crippen molar-refractivity contribution in [1.82, 2.24) is 4.90 Å². The zero-order valence-corrected chi connectivity index (χ0v) is 11.5. The minimum absolute atomic E-state index is 0.0395. The molecule has 19 heavy (non-hydrogen) atoms. The topological polar surface area (TPSA) is 47.7 Å². The van der Waals surface area contributed by atoms with Gasteiger partial charge in [0.05, 0.1) is 25.3 Å². The van der Waals surface area contributed by atoms with Crippen molar-refractivity contribution < 1.29 is 9.47 Å². The lowest BCUT2D eigenvalue weighted by molar-refractivity contribution is 0.00140. The van der Waals surface area contributed by atoms with Crippen molar-refractivity contribution in [2.24, 2.45) is 5.73 Å². The number of morpholine rings is 1. The van der Waals surface area contributed by atoms with E-state index in [1.807, 2.05) is 0 Å². The van der Waals surface area contributed by atoms with Gasteiger partial charge in [-0.15, -0.1) is 0 Å². The average molecular weight is 262 g/mol. The second kappa shape index (κ2) is 5.49. The van der Waals surface area contributed by atoms with Crippen LogP contribution in [-0.4, -0.2) is 43.9 Å². The fourth-order valence-corrected chi connectivity index (χ4v) is 3.01. The van der Waals surface area contributed by atoms with Crippen LogP contribution in [0, 0.1) is 0 Å². The summed E-state index contributed by atoms with van der Waals surface area (Å²) in [6.45, 7) is 6.28. The van der Waals surface area contributed by atoms with Crippen molar-refractivity contribution in [3.8, 4) is 5.75 Å². The first-order chi connectivity index (χ1) is 9.29. The third kappa shape index (κ3) is 2.48. The molecule has 1 aromatic carbocycles. The Bertz CT molecular complexity index is 444. The fraction of sp³-hybridized carbons (Fsp3) is 0.600. The molecule has 0 amide bonds. The van der Waals surface area contributed by atoms with Crippen LogP contribution in [0.1, 0.15) is 24.1 Å². The lowest BCUT2D eigenvalue weighted by Gasteiger charge is -2.41. The van der Waals surface area contributed by atoms with Crippen molar-refractivity contribution >= 4 is 0 Å². The van der Waals surface area contributed by atoms with Crippen molar-refractivity contribution in [3.05, 3.63) is 29.3 Å². The molecule has 1 aromatic rings. The third-order valence-electron chi connectivity index (χ3n) is 4.08. The SMILES string of the molecule is CCc1ccc2c(c1)C(N1CCOCC1)C(N)CO2. The molecule has 0 saturated carbocycles. The number of fused-ring (bicyclic) bond motifs is 1. The molecule has 2 unspecified atom stereocenters. The van der Waals surface area contributed by atoms with Crippen LogP contribution in [0.25, 0.3) is 0 Å². The van der Waals surface area contributed by atoms with E-state index in [1.165, 1.54) is 11.1 Å². The molecule has 2 aliphatic heterocycles. The molecule has 2 N–H and O–H groups in total. The van der Waals surface area contributed by atoms with Crippen molar-refractivity contribution in [3.63, 3.8) is 0 Å². The first-order valence-corrected chi connectivity index (χ1v) is 7.12. The first-order valence-electron chi connectivity index (χ1n) is 7.12. The summed E-state index contributed by atoms with van der Waals surface area (Å²) in [7, 11) is 0. The van der Waals surface area contributed by atoms with E-state index < -0.39 is 0 Å². The minimum Gasteiger partial charge on any atom is -0.492 e. The Labute approximate surface area is 114 Å². The number of benzene rings is 1. The zero-order valence-electron chi connectivity index (χ0n) is 11.5. The molecule has 0 bridgehead atoms. The molecular weight excluding hydrogens is 240 g/mol. The van der Waals surface area contributed by atoms with Crippen LogP contribution in [0.3, 0.4) is 0 Å². The summed E-state index contributed by atoms with van der Waals surface area (Å²) >= 11 is 0. The van der Waals surface area contributed by atoms with Gasteiger partial charge < -0.3 is 15.2 Å². The number of rotatable bonds is 2. The molecule has 4 heteroatoms. The molecule has 0 aromatic heterocycles. The van der Waals surface area contributed by atoms with Crippen LogP contribution in [0.5, 0.6) is 5.75 Å². The van der Waals surface area contributed by atoms with E-state index in [2.05, 4.69) is 30.0 Å². The van der Waals surface area contributed by atoms with Crippen molar-refractivity contribution in [2.45, 2.75) is 25.4 Å². The number of ether oxygens (including phenoxy) is 2. The highest BCUT2D eigenvalue weighted by atomic mass is 16.5. The van der Waals surface area contributed by atoms with Crippen LogP contribution < -0.4 is 10.5 Å². The Morgan fingerprint density at radius 2 is 2.11 bits per heavy atom. The van der Waals surface area contributed by atoms with Crippen LogP contribution in [0.4, 0.5) is 0 Å². The number of hydrogen-bond acceptors (Lipinski definition) is 4. The van der Waals surface area contributed by atoms with Gasteiger partial charge in [0.15, 0.2) is 0 Å². The molecule has 3 rings (SSSR count).